The number of anilines is 1. The van der Waals surface area contributed by atoms with Gasteiger partial charge in [-0.1, -0.05) is 58.0 Å². The summed E-state index contributed by atoms with van der Waals surface area (Å²) in [5.74, 6) is 1.92. The number of hydrogen-bond acceptors (Lipinski definition) is 4. The molecule has 0 unspecified atom stereocenters. The number of amides is 1. The second-order valence-electron chi connectivity index (χ2n) is 6.86. The molecule has 5 heteroatoms. The lowest BCUT2D eigenvalue weighted by Gasteiger charge is -2.13. The first-order valence-electron chi connectivity index (χ1n) is 7.76. The molecular weight excluding hydrogens is 292 g/mol. The Bertz CT molecular complexity index is 669. The van der Waals surface area contributed by atoms with Gasteiger partial charge in [-0.3, -0.25) is 4.79 Å². The topological polar surface area (TPSA) is 64.4 Å². The van der Waals surface area contributed by atoms with Gasteiger partial charge in [-0.05, 0) is 17.5 Å². The van der Waals surface area contributed by atoms with E-state index in [2.05, 4.69) is 24.3 Å². The number of nitrogens with one attached hydrogen (secondary N) is 1. The standard InChI is InChI=1S/C18H24N2O3/c1-12(2)13-8-6-7-9-14(13)22-11-17(21)19-16-10-15(23-20-16)18(3,4)5/h6-10,12H,11H2,1-5H3,(H,19,20,21). The maximum absolute atomic E-state index is 12.0. The van der Waals surface area contributed by atoms with E-state index < -0.39 is 0 Å². The van der Waals surface area contributed by atoms with Crippen LogP contribution in [-0.2, 0) is 10.2 Å². The SMILES string of the molecule is CC(C)c1ccccc1OCC(=O)Nc1cc(C(C)(C)C)on1. The molecule has 1 aromatic carbocycles. The summed E-state index contributed by atoms with van der Waals surface area (Å²) in [6, 6.07) is 9.47. The fourth-order valence-electron chi connectivity index (χ4n) is 2.10. The lowest BCUT2D eigenvalue weighted by Crippen LogP contribution is -2.20. The third-order valence-corrected chi connectivity index (χ3v) is 3.42. The van der Waals surface area contributed by atoms with Crippen LogP contribution in [0.25, 0.3) is 0 Å². The number of nitrogens with zero attached hydrogens (tertiary/aromatic N) is 1. The molecule has 124 valence electrons. The highest BCUT2D eigenvalue weighted by atomic mass is 16.5. The van der Waals surface area contributed by atoms with Crippen LogP contribution in [0, 0.1) is 0 Å². The van der Waals surface area contributed by atoms with Crippen LogP contribution in [0.1, 0.15) is 51.9 Å². The number of hydrogen-bond donors (Lipinski definition) is 1. The summed E-state index contributed by atoms with van der Waals surface area (Å²) >= 11 is 0. The zero-order valence-corrected chi connectivity index (χ0v) is 14.3. The van der Waals surface area contributed by atoms with E-state index in [1.807, 2.05) is 45.0 Å². The Kier molecular flexibility index (Phi) is 5.08. The Hall–Kier alpha value is -2.30. The van der Waals surface area contributed by atoms with Gasteiger partial charge in [-0.25, -0.2) is 0 Å². The monoisotopic (exact) mass is 316 g/mol. The maximum atomic E-state index is 12.0. The van der Waals surface area contributed by atoms with Gasteiger partial charge in [-0.15, -0.1) is 0 Å². The fourth-order valence-corrected chi connectivity index (χ4v) is 2.10. The highest BCUT2D eigenvalue weighted by molar-refractivity contribution is 5.90. The summed E-state index contributed by atoms with van der Waals surface area (Å²) in [6.07, 6.45) is 0. The third-order valence-electron chi connectivity index (χ3n) is 3.42. The number of benzene rings is 1. The van der Waals surface area contributed by atoms with Crippen LogP contribution in [0.2, 0.25) is 0 Å². The Morgan fingerprint density at radius 3 is 2.61 bits per heavy atom. The molecule has 1 amide bonds. The van der Waals surface area contributed by atoms with E-state index in [0.717, 1.165) is 17.1 Å². The molecule has 0 aliphatic rings. The van der Waals surface area contributed by atoms with Gasteiger partial charge in [0.15, 0.2) is 12.4 Å². The van der Waals surface area contributed by atoms with Crippen molar-refractivity contribution in [3.05, 3.63) is 41.7 Å². The smallest absolute Gasteiger partial charge is 0.263 e. The summed E-state index contributed by atoms with van der Waals surface area (Å²) in [5, 5.41) is 6.55. The van der Waals surface area contributed by atoms with Crippen LogP contribution in [0.4, 0.5) is 5.82 Å². The molecule has 5 nitrogen and oxygen atoms in total. The van der Waals surface area contributed by atoms with Crippen LogP contribution in [-0.4, -0.2) is 17.7 Å². The minimum Gasteiger partial charge on any atom is -0.483 e. The summed E-state index contributed by atoms with van der Waals surface area (Å²) in [4.78, 5) is 12.0. The predicted molar refractivity (Wildman–Crippen MR) is 89.9 cm³/mol. The van der Waals surface area contributed by atoms with Gasteiger partial charge in [0.05, 0.1) is 0 Å². The normalized spacial score (nSPS) is 11.6. The van der Waals surface area contributed by atoms with Gasteiger partial charge < -0.3 is 14.6 Å². The molecule has 2 rings (SSSR count). The molecule has 0 radical (unpaired) electrons. The molecule has 0 aliphatic carbocycles. The minimum atomic E-state index is -0.266. The van der Waals surface area contributed by atoms with Crippen molar-refractivity contribution in [2.24, 2.45) is 0 Å². The summed E-state index contributed by atoms with van der Waals surface area (Å²) < 4.78 is 10.9. The number of aromatic nitrogens is 1. The van der Waals surface area contributed by atoms with Crippen molar-refractivity contribution in [2.45, 2.75) is 46.0 Å². The second-order valence-corrected chi connectivity index (χ2v) is 6.86. The van der Waals surface area contributed by atoms with Crippen molar-refractivity contribution in [3.8, 4) is 5.75 Å². The van der Waals surface area contributed by atoms with E-state index in [1.54, 1.807) is 6.07 Å². The van der Waals surface area contributed by atoms with Crippen LogP contribution < -0.4 is 10.1 Å². The quantitative estimate of drug-likeness (QED) is 0.901. The number of ether oxygens (including phenoxy) is 1. The molecule has 0 aliphatic heterocycles. The molecule has 0 saturated carbocycles. The molecule has 0 atom stereocenters. The van der Waals surface area contributed by atoms with E-state index in [-0.39, 0.29) is 17.9 Å². The Labute approximate surface area is 137 Å². The Morgan fingerprint density at radius 2 is 2.00 bits per heavy atom. The largest absolute Gasteiger partial charge is 0.483 e. The average molecular weight is 316 g/mol. The predicted octanol–water partition coefficient (Wildman–Crippen LogP) is 4.11. The lowest BCUT2D eigenvalue weighted by atomic mass is 9.93. The van der Waals surface area contributed by atoms with Gasteiger partial charge in [0.1, 0.15) is 11.5 Å². The fraction of sp³-hybridized carbons (Fsp3) is 0.444. The molecule has 0 bridgehead atoms. The number of para-hydroxylation sites is 1. The van der Waals surface area contributed by atoms with E-state index in [1.165, 1.54) is 0 Å². The summed E-state index contributed by atoms with van der Waals surface area (Å²) in [7, 11) is 0. The van der Waals surface area contributed by atoms with Gasteiger partial charge >= 0.3 is 0 Å². The van der Waals surface area contributed by atoms with Crippen molar-refractivity contribution >= 4 is 11.7 Å². The Morgan fingerprint density at radius 1 is 1.30 bits per heavy atom. The van der Waals surface area contributed by atoms with Crippen molar-refractivity contribution in [3.63, 3.8) is 0 Å². The van der Waals surface area contributed by atoms with E-state index in [9.17, 15) is 4.79 Å². The molecule has 0 spiro atoms. The summed E-state index contributed by atoms with van der Waals surface area (Å²) in [6.45, 7) is 10.2. The lowest BCUT2D eigenvalue weighted by molar-refractivity contribution is -0.118. The number of carbonyl (C=O) groups is 1. The highest BCUT2D eigenvalue weighted by Gasteiger charge is 2.20. The molecule has 23 heavy (non-hydrogen) atoms. The molecular formula is C18H24N2O3. The van der Waals surface area contributed by atoms with Gasteiger partial charge in [0.25, 0.3) is 5.91 Å². The first kappa shape index (κ1) is 17.1. The first-order valence-corrected chi connectivity index (χ1v) is 7.76. The van der Waals surface area contributed by atoms with E-state index >= 15 is 0 Å². The molecule has 0 fully saturated rings. The maximum Gasteiger partial charge on any atom is 0.263 e. The van der Waals surface area contributed by atoms with Crippen molar-refractivity contribution in [1.29, 1.82) is 0 Å². The average Bonchev–Trinajstić information content (AvgIpc) is 2.94. The number of carbonyl (C=O) groups excluding carboxylic acids is 1. The van der Waals surface area contributed by atoms with Gasteiger partial charge in [-0.2, -0.15) is 0 Å². The van der Waals surface area contributed by atoms with Gasteiger partial charge in [0.2, 0.25) is 0 Å². The zero-order valence-electron chi connectivity index (χ0n) is 14.3. The molecule has 1 aromatic heterocycles. The number of rotatable bonds is 5. The van der Waals surface area contributed by atoms with Crippen LogP contribution in [0.5, 0.6) is 5.75 Å². The highest BCUT2D eigenvalue weighted by Crippen LogP contribution is 2.26. The first-order chi connectivity index (χ1) is 10.8. The van der Waals surface area contributed by atoms with E-state index in [0.29, 0.717) is 11.7 Å². The van der Waals surface area contributed by atoms with Crippen LogP contribution in [0.3, 0.4) is 0 Å². The third kappa shape index (κ3) is 4.58. The molecule has 2 aromatic rings. The minimum absolute atomic E-state index is 0.0680. The summed E-state index contributed by atoms with van der Waals surface area (Å²) in [5.41, 5.74) is 0.930. The molecule has 1 N–H and O–H groups in total. The van der Waals surface area contributed by atoms with Crippen molar-refractivity contribution in [2.75, 3.05) is 11.9 Å². The zero-order chi connectivity index (χ0) is 17.0. The molecule has 0 saturated heterocycles. The van der Waals surface area contributed by atoms with Crippen molar-refractivity contribution < 1.29 is 14.1 Å². The van der Waals surface area contributed by atoms with Crippen LogP contribution >= 0.6 is 0 Å². The van der Waals surface area contributed by atoms with Gasteiger partial charge in [0, 0.05) is 11.5 Å². The van der Waals surface area contributed by atoms with Crippen LogP contribution in [0.15, 0.2) is 34.9 Å². The van der Waals surface area contributed by atoms with E-state index in [4.69, 9.17) is 9.26 Å². The van der Waals surface area contributed by atoms with Crippen molar-refractivity contribution in [1.82, 2.24) is 5.16 Å². The molecule has 1 heterocycles. The second kappa shape index (κ2) is 6.86. The Balaban J connectivity index is 1.95.